The van der Waals surface area contributed by atoms with Crippen molar-refractivity contribution in [2.45, 2.75) is 60.9 Å². The molecule has 1 aromatic rings. The average Bonchev–Trinajstić information content (AvgIpc) is 3.20. The van der Waals surface area contributed by atoms with Crippen LogP contribution in [0.1, 0.15) is 44.9 Å². The van der Waals surface area contributed by atoms with E-state index in [1.165, 1.54) is 43.4 Å². The van der Waals surface area contributed by atoms with Crippen molar-refractivity contribution in [1.29, 1.82) is 0 Å². The van der Waals surface area contributed by atoms with Crippen LogP contribution in [0.15, 0.2) is 46.9 Å². The van der Waals surface area contributed by atoms with Gasteiger partial charge in [0.05, 0.1) is 13.2 Å². The second kappa shape index (κ2) is 7.00. The topological polar surface area (TPSA) is 18.5 Å². The zero-order valence-electron chi connectivity index (χ0n) is 13.7. The van der Waals surface area contributed by atoms with Gasteiger partial charge in [-0.05, 0) is 44.2 Å². The second-order valence-electron chi connectivity index (χ2n) is 6.87. The lowest BCUT2D eigenvalue weighted by molar-refractivity contribution is -0.189. The van der Waals surface area contributed by atoms with Gasteiger partial charge in [0, 0.05) is 22.5 Å². The predicted molar refractivity (Wildman–Crippen MR) is 94.6 cm³/mol. The Balaban J connectivity index is 1.63. The van der Waals surface area contributed by atoms with Crippen LogP contribution in [0.25, 0.3) is 0 Å². The lowest BCUT2D eigenvalue weighted by Crippen LogP contribution is -2.43. The van der Waals surface area contributed by atoms with Crippen LogP contribution >= 0.6 is 11.8 Å². The van der Waals surface area contributed by atoms with Crippen molar-refractivity contribution in [2.75, 3.05) is 13.2 Å². The number of benzene rings is 1. The molecule has 2 nitrogen and oxygen atoms in total. The summed E-state index contributed by atoms with van der Waals surface area (Å²) in [5.74, 6) is 0.0763. The van der Waals surface area contributed by atoms with E-state index in [1.54, 1.807) is 5.57 Å². The Labute approximate surface area is 143 Å². The van der Waals surface area contributed by atoms with E-state index < -0.39 is 0 Å². The zero-order chi connectivity index (χ0) is 15.5. The molecule has 0 bridgehead atoms. The maximum Gasteiger partial charge on any atom is 0.176 e. The smallest absolute Gasteiger partial charge is 0.176 e. The predicted octanol–water partition coefficient (Wildman–Crippen LogP) is 5.19. The van der Waals surface area contributed by atoms with E-state index >= 15 is 0 Å². The summed E-state index contributed by atoms with van der Waals surface area (Å²) in [6.07, 6.45) is 11.1. The number of hydrogen-bond donors (Lipinski definition) is 0. The number of fused-ring (bicyclic) bond motifs is 2. The minimum atomic E-state index is -0.348. The molecule has 1 saturated carbocycles. The van der Waals surface area contributed by atoms with Crippen LogP contribution in [0.5, 0.6) is 0 Å². The molecule has 1 heterocycles. The Bertz CT molecular complexity index is 548. The van der Waals surface area contributed by atoms with E-state index in [0.29, 0.717) is 11.2 Å². The maximum atomic E-state index is 6.28. The van der Waals surface area contributed by atoms with Gasteiger partial charge in [-0.25, -0.2) is 0 Å². The molecule has 1 aromatic carbocycles. The Morgan fingerprint density at radius 2 is 1.83 bits per heavy atom. The summed E-state index contributed by atoms with van der Waals surface area (Å²) in [4.78, 5) is 1.37. The molecule has 1 saturated heterocycles. The molecule has 1 spiro atoms. The molecule has 2 aliphatic carbocycles. The third-order valence-corrected chi connectivity index (χ3v) is 6.76. The first-order valence-electron chi connectivity index (χ1n) is 9.06. The highest BCUT2D eigenvalue weighted by molar-refractivity contribution is 8.00. The van der Waals surface area contributed by atoms with Crippen molar-refractivity contribution >= 4 is 11.8 Å². The Morgan fingerprint density at radius 3 is 2.65 bits per heavy atom. The maximum absolute atomic E-state index is 6.28. The monoisotopic (exact) mass is 330 g/mol. The number of allylic oxidation sites excluding steroid dienone is 1. The first-order valence-corrected chi connectivity index (χ1v) is 9.94. The highest BCUT2D eigenvalue weighted by atomic mass is 32.2. The summed E-state index contributed by atoms with van der Waals surface area (Å²) < 4.78 is 12.6. The number of rotatable bonds is 2. The number of hydrogen-bond acceptors (Lipinski definition) is 3. The van der Waals surface area contributed by atoms with Crippen molar-refractivity contribution in [2.24, 2.45) is 5.92 Å². The van der Waals surface area contributed by atoms with Crippen molar-refractivity contribution < 1.29 is 9.47 Å². The molecule has 2 atom stereocenters. The van der Waals surface area contributed by atoms with Crippen LogP contribution in [-0.2, 0) is 9.47 Å². The van der Waals surface area contributed by atoms with Gasteiger partial charge in [-0.1, -0.05) is 36.3 Å². The minimum Gasteiger partial charge on any atom is -0.347 e. The Hall–Kier alpha value is -0.770. The lowest BCUT2D eigenvalue weighted by atomic mass is 9.89. The molecule has 124 valence electrons. The van der Waals surface area contributed by atoms with Gasteiger partial charge < -0.3 is 9.47 Å². The van der Waals surface area contributed by atoms with Gasteiger partial charge >= 0.3 is 0 Å². The molecule has 3 heteroatoms. The second-order valence-corrected chi connectivity index (χ2v) is 8.19. The molecule has 0 aromatic heterocycles. The van der Waals surface area contributed by atoms with Gasteiger partial charge in [0.15, 0.2) is 5.79 Å². The molecule has 0 amide bonds. The summed E-state index contributed by atoms with van der Waals surface area (Å²) in [5.41, 5.74) is 1.60. The third-order valence-electron chi connectivity index (χ3n) is 5.41. The summed E-state index contributed by atoms with van der Waals surface area (Å²) in [6, 6.07) is 10.8. The summed E-state index contributed by atoms with van der Waals surface area (Å²) in [6.45, 7) is 1.51. The molecular formula is C20H26O2S. The van der Waals surface area contributed by atoms with Gasteiger partial charge in [0.25, 0.3) is 0 Å². The van der Waals surface area contributed by atoms with E-state index in [2.05, 4.69) is 36.4 Å². The van der Waals surface area contributed by atoms with Gasteiger partial charge in [0.2, 0.25) is 0 Å². The van der Waals surface area contributed by atoms with Crippen molar-refractivity contribution in [3.8, 4) is 0 Å². The van der Waals surface area contributed by atoms with E-state index in [9.17, 15) is 0 Å². The van der Waals surface area contributed by atoms with Gasteiger partial charge in [-0.2, -0.15) is 0 Å². The molecule has 2 fully saturated rings. The molecule has 0 radical (unpaired) electrons. The fourth-order valence-electron chi connectivity index (χ4n) is 4.40. The fraction of sp³-hybridized carbons (Fsp3) is 0.600. The molecule has 1 aliphatic heterocycles. The van der Waals surface area contributed by atoms with Crippen LogP contribution in [0, 0.1) is 5.92 Å². The molecule has 23 heavy (non-hydrogen) atoms. The SMILES string of the molecule is C1=C2/CC[C@H](Sc3ccccc3)[C@H]2C2(CCCCC/1)OCCO2. The van der Waals surface area contributed by atoms with Crippen LogP contribution in [0.2, 0.25) is 0 Å². The van der Waals surface area contributed by atoms with Crippen LogP contribution in [0.4, 0.5) is 0 Å². The standard InChI is InChI=1S/C20H26O2S/c1-2-7-13-20(21-14-15-22-20)19-16(8-4-1)11-12-18(19)23-17-9-5-3-6-10-17/h3,5-6,8-10,18-19H,1-2,4,7,11-15H2/b16-8-/t18-,19-/m0/s1. The number of ether oxygens (including phenoxy) is 2. The van der Waals surface area contributed by atoms with Crippen molar-refractivity contribution in [3.63, 3.8) is 0 Å². The van der Waals surface area contributed by atoms with Gasteiger partial charge in [-0.15, -0.1) is 11.8 Å². The molecule has 0 N–H and O–H groups in total. The largest absolute Gasteiger partial charge is 0.347 e. The van der Waals surface area contributed by atoms with Crippen LogP contribution in [0.3, 0.4) is 0 Å². The minimum absolute atomic E-state index is 0.348. The van der Waals surface area contributed by atoms with Crippen molar-refractivity contribution in [3.05, 3.63) is 42.0 Å². The molecular weight excluding hydrogens is 304 g/mol. The summed E-state index contributed by atoms with van der Waals surface area (Å²) >= 11 is 2.02. The third kappa shape index (κ3) is 3.24. The van der Waals surface area contributed by atoms with E-state index in [-0.39, 0.29) is 5.79 Å². The Kier molecular flexibility index (Phi) is 4.79. The highest BCUT2D eigenvalue weighted by Gasteiger charge is 2.51. The van der Waals surface area contributed by atoms with Crippen molar-refractivity contribution in [1.82, 2.24) is 0 Å². The first-order chi connectivity index (χ1) is 11.4. The molecule has 3 aliphatic rings. The average molecular weight is 330 g/mol. The number of thioether (sulfide) groups is 1. The normalized spacial score (nSPS) is 32.6. The lowest BCUT2D eigenvalue weighted by Gasteiger charge is -2.37. The fourth-order valence-corrected chi connectivity index (χ4v) is 5.81. The Morgan fingerprint density at radius 1 is 1.00 bits per heavy atom. The van der Waals surface area contributed by atoms with E-state index in [4.69, 9.17) is 9.47 Å². The van der Waals surface area contributed by atoms with Crippen LogP contribution in [-0.4, -0.2) is 24.3 Å². The molecule has 4 rings (SSSR count). The van der Waals surface area contributed by atoms with E-state index in [0.717, 1.165) is 19.6 Å². The van der Waals surface area contributed by atoms with Gasteiger partial charge in [-0.3, -0.25) is 0 Å². The first kappa shape index (κ1) is 15.7. The summed E-state index contributed by atoms with van der Waals surface area (Å²) in [5, 5.41) is 0.569. The molecule has 0 unspecified atom stereocenters. The van der Waals surface area contributed by atoms with E-state index in [1.807, 2.05) is 11.8 Å². The van der Waals surface area contributed by atoms with Gasteiger partial charge in [0.1, 0.15) is 0 Å². The van der Waals surface area contributed by atoms with Crippen LogP contribution < -0.4 is 0 Å². The summed E-state index contributed by atoms with van der Waals surface area (Å²) in [7, 11) is 0. The zero-order valence-corrected chi connectivity index (χ0v) is 14.5. The highest BCUT2D eigenvalue weighted by Crippen LogP contribution is 2.51. The quantitative estimate of drug-likeness (QED) is 0.695.